The van der Waals surface area contributed by atoms with Gasteiger partial charge in [0.2, 0.25) is 0 Å². The molecule has 0 spiro atoms. The average molecular weight is 338 g/mol. The lowest BCUT2D eigenvalue weighted by molar-refractivity contribution is -0.384. The summed E-state index contributed by atoms with van der Waals surface area (Å²) >= 11 is 3.23. The first-order valence-electron chi connectivity index (χ1n) is 5.83. The minimum absolute atomic E-state index is 0.145. The van der Waals surface area contributed by atoms with Gasteiger partial charge in [-0.3, -0.25) is 15.1 Å². The van der Waals surface area contributed by atoms with Gasteiger partial charge in [-0.1, -0.05) is 30.3 Å². The molecule has 1 atom stereocenters. The van der Waals surface area contributed by atoms with Gasteiger partial charge in [0.05, 0.1) is 22.0 Å². The minimum atomic E-state index is -0.514. The van der Waals surface area contributed by atoms with Crippen LogP contribution in [0.5, 0.6) is 0 Å². The molecular weight excluding hydrogens is 326 g/mol. The molecule has 0 saturated carbocycles. The highest BCUT2D eigenvalue weighted by atomic mass is 79.9. The highest BCUT2D eigenvalue weighted by Crippen LogP contribution is 2.33. The van der Waals surface area contributed by atoms with E-state index in [1.807, 2.05) is 30.3 Å². The fraction of sp³-hybridized carbons (Fsp3) is 0.154. The summed E-state index contributed by atoms with van der Waals surface area (Å²) in [4.78, 5) is 14.3. The number of hydrogen-bond donors (Lipinski definition) is 2. The number of nitrogens with one attached hydrogen (secondary N) is 1. The van der Waals surface area contributed by atoms with Crippen molar-refractivity contribution in [1.82, 2.24) is 4.98 Å². The van der Waals surface area contributed by atoms with Crippen LogP contribution < -0.4 is 5.32 Å². The normalized spacial score (nSPS) is 11.9. The Labute approximate surface area is 123 Å². The van der Waals surface area contributed by atoms with Gasteiger partial charge in [0.1, 0.15) is 11.9 Å². The van der Waals surface area contributed by atoms with Crippen molar-refractivity contribution < 1.29 is 10.0 Å². The van der Waals surface area contributed by atoms with Crippen LogP contribution in [0.3, 0.4) is 0 Å². The van der Waals surface area contributed by atoms with Gasteiger partial charge in [-0.15, -0.1) is 0 Å². The molecule has 1 aromatic heterocycles. The SMILES string of the molecule is O=[N+]([O-])c1cncc(Br)c1NC(CO)c1ccccc1. The monoisotopic (exact) mass is 337 g/mol. The van der Waals surface area contributed by atoms with Gasteiger partial charge in [-0.05, 0) is 21.5 Å². The number of aromatic nitrogens is 1. The number of nitro groups is 1. The summed E-state index contributed by atoms with van der Waals surface area (Å²) in [5, 5.41) is 23.5. The van der Waals surface area contributed by atoms with Crippen LogP contribution in [0.15, 0.2) is 47.2 Å². The number of halogens is 1. The van der Waals surface area contributed by atoms with Crippen molar-refractivity contribution in [2.75, 3.05) is 11.9 Å². The Kier molecular flexibility index (Phi) is 4.65. The molecule has 0 aliphatic rings. The number of aliphatic hydroxyl groups excluding tert-OH is 1. The number of benzene rings is 1. The summed E-state index contributed by atoms with van der Waals surface area (Å²) in [6.07, 6.45) is 2.64. The van der Waals surface area contributed by atoms with E-state index in [4.69, 9.17) is 0 Å². The number of pyridine rings is 1. The molecule has 1 heterocycles. The van der Waals surface area contributed by atoms with Crippen LogP contribution in [-0.4, -0.2) is 21.6 Å². The van der Waals surface area contributed by atoms with Crippen LogP contribution in [0.1, 0.15) is 11.6 Å². The Hall–Kier alpha value is -1.99. The molecule has 1 aromatic carbocycles. The largest absolute Gasteiger partial charge is 0.394 e. The fourth-order valence-corrected chi connectivity index (χ4v) is 2.24. The Balaban J connectivity index is 2.35. The molecule has 0 amide bonds. The highest BCUT2D eigenvalue weighted by molar-refractivity contribution is 9.10. The van der Waals surface area contributed by atoms with Gasteiger partial charge in [0.25, 0.3) is 0 Å². The summed E-state index contributed by atoms with van der Waals surface area (Å²) < 4.78 is 0.473. The molecule has 0 radical (unpaired) electrons. The number of anilines is 1. The van der Waals surface area contributed by atoms with Crippen molar-refractivity contribution in [2.45, 2.75) is 6.04 Å². The maximum atomic E-state index is 11.0. The first-order chi connectivity index (χ1) is 9.63. The third-order valence-corrected chi connectivity index (χ3v) is 3.38. The van der Waals surface area contributed by atoms with Gasteiger partial charge < -0.3 is 10.4 Å². The Bertz CT molecular complexity index is 607. The van der Waals surface area contributed by atoms with Gasteiger partial charge in [0, 0.05) is 6.20 Å². The summed E-state index contributed by atoms with van der Waals surface area (Å²) in [5.74, 6) is 0. The van der Waals surface area contributed by atoms with E-state index in [0.29, 0.717) is 10.2 Å². The van der Waals surface area contributed by atoms with E-state index in [1.165, 1.54) is 12.4 Å². The van der Waals surface area contributed by atoms with Crippen LogP contribution in [0.4, 0.5) is 11.4 Å². The van der Waals surface area contributed by atoms with Crippen LogP contribution in [0.2, 0.25) is 0 Å². The molecule has 0 saturated heterocycles. The molecule has 2 rings (SSSR count). The number of rotatable bonds is 5. The predicted molar refractivity (Wildman–Crippen MR) is 78.5 cm³/mol. The highest BCUT2D eigenvalue weighted by Gasteiger charge is 2.20. The molecule has 2 N–H and O–H groups in total. The maximum Gasteiger partial charge on any atom is 0.311 e. The van der Waals surface area contributed by atoms with Crippen LogP contribution in [-0.2, 0) is 0 Å². The molecule has 2 aromatic rings. The zero-order valence-corrected chi connectivity index (χ0v) is 11.9. The van der Waals surface area contributed by atoms with Crippen molar-refractivity contribution in [3.05, 3.63) is 62.9 Å². The molecule has 104 valence electrons. The second kappa shape index (κ2) is 6.44. The Morgan fingerprint density at radius 2 is 2.05 bits per heavy atom. The molecule has 6 nitrogen and oxygen atoms in total. The van der Waals surface area contributed by atoms with Gasteiger partial charge in [-0.25, -0.2) is 0 Å². The Morgan fingerprint density at radius 3 is 2.65 bits per heavy atom. The van der Waals surface area contributed by atoms with E-state index in [2.05, 4.69) is 26.2 Å². The van der Waals surface area contributed by atoms with E-state index in [1.54, 1.807) is 0 Å². The first kappa shape index (κ1) is 14.4. The molecular formula is C13H12BrN3O3. The van der Waals surface area contributed by atoms with Crippen LogP contribution in [0, 0.1) is 10.1 Å². The Morgan fingerprint density at radius 1 is 1.35 bits per heavy atom. The summed E-state index contributed by atoms with van der Waals surface area (Å²) in [5.41, 5.74) is 0.995. The smallest absolute Gasteiger partial charge is 0.311 e. The van der Waals surface area contributed by atoms with E-state index in [0.717, 1.165) is 5.56 Å². The molecule has 0 aliphatic carbocycles. The van der Waals surface area contributed by atoms with Gasteiger partial charge >= 0.3 is 5.69 Å². The first-order valence-corrected chi connectivity index (χ1v) is 6.63. The molecule has 20 heavy (non-hydrogen) atoms. The summed E-state index contributed by atoms with van der Waals surface area (Å²) in [7, 11) is 0. The standard InChI is InChI=1S/C13H12BrN3O3/c14-10-6-15-7-12(17(19)20)13(10)16-11(8-18)9-4-2-1-3-5-9/h1-7,11,18H,8H2,(H,15,16). The van der Waals surface area contributed by atoms with E-state index < -0.39 is 11.0 Å². The maximum absolute atomic E-state index is 11.0. The average Bonchev–Trinajstić information content (AvgIpc) is 2.46. The molecule has 0 aliphatic heterocycles. The van der Waals surface area contributed by atoms with Crippen molar-refractivity contribution in [2.24, 2.45) is 0 Å². The van der Waals surface area contributed by atoms with Crippen molar-refractivity contribution in [3.8, 4) is 0 Å². The number of hydrogen-bond acceptors (Lipinski definition) is 5. The molecule has 0 fully saturated rings. The van der Waals surface area contributed by atoms with E-state index >= 15 is 0 Å². The lowest BCUT2D eigenvalue weighted by atomic mass is 10.1. The lowest BCUT2D eigenvalue weighted by Gasteiger charge is -2.18. The number of aliphatic hydroxyl groups is 1. The van der Waals surface area contributed by atoms with Crippen LogP contribution in [0.25, 0.3) is 0 Å². The van der Waals surface area contributed by atoms with Gasteiger partial charge in [0.15, 0.2) is 0 Å². The van der Waals surface area contributed by atoms with Crippen LogP contribution >= 0.6 is 15.9 Å². The third kappa shape index (κ3) is 3.12. The zero-order valence-electron chi connectivity index (χ0n) is 10.4. The summed E-state index contributed by atoms with van der Waals surface area (Å²) in [6.45, 7) is -0.185. The third-order valence-electron chi connectivity index (χ3n) is 2.78. The number of nitrogens with zero attached hydrogens (tertiary/aromatic N) is 2. The fourth-order valence-electron chi connectivity index (χ4n) is 1.80. The summed E-state index contributed by atoms with van der Waals surface area (Å²) in [6, 6.07) is 8.80. The molecule has 1 unspecified atom stereocenters. The second-order valence-electron chi connectivity index (χ2n) is 4.06. The lowest BCUT2D eigenvalue weighted by Crippen LogP contribution is -2.16. The molecule has 0 bridgehead atoms. The minimum Gasteiger partial charge on any atom is -0.394 e. The van der Waals surface area contributed by atoms with Crippen molar-refractivity contribution >= 4 is 27.3 Å². The van der Waals surface area contributed by atoms with Crippen molar-refractivity contribution in [1.29, 1.82) is 0 Å². The predicted octanol–water partition coefficient (Wildman–Crippen LogP) is 2.90. The molecule has 7 heteroatoms. The van der Waals surface area contributed by atoms with Crippen molar-refractivity contribution in [3.63, 3.8) is 0 Å². The second-order valence-corrected chi connectivity index (χ2v) is 4.92. The van der Waals surface area contributed by atoms with E-state index in [-0.39, 0.29) is 12.3 Å². The quantitative estimate of drug-likeness (QED) is 0.646. The van der Waals surface area contributed by atoms with Gasteiger partial charge in [-0.2, -0.15) is 0 Å². The topological polar surface area (TPSA) is 88.3 Å². The van der Waals surface area contributed by atoms with E-state index in [9.17, 15) is 15.2 Å². The zero-order chi connectivity index (χ0) is 14.5.